The number of pyridine rings is 1. The van der Waals surface area contributed by atoms with Crippen LogP contribution in [0, 0.1) is 6.92 Å². The molecule has 16 heavy (non-hydrogen) atoms. The number of hydrogen-bond donors (Lipinski definition) is 1. The van der Waals surface area contributed by atoms with Gasteiger partial charge in [-0.05, 0) is 35.7 Å². The van der Waals surface area contributed by atoms with Crippen LogP contribution in [0.1, 0.15) is 11.1 Å². The Morgan fingerprint density at radius 2 is 2.12 bits per heavy atom. The number of hydrogen-bond acceptors (Lipinski definition) is 2. The molecule has 0 fully saturated rings. The molecule has 0 aliphatic heterocycles. The maximum Gasteiger partial charge on any atom is 0.0457 e. The summed E-state index contributed by atoms with van der Waals surface area (Å²) in [4.78, 5) is 4.13. The summed E-state index contributed by atoms with van der Waals surface area (Å²) >= 11 is 6.13. The summed E-state index contributed by atoms with van der Waals surface area (Å²) in [6.07, 6.45) is 3.64. The maximum atomic E-state index is 6.13. The molecule has 0 atom stereocenters. The fourth-order valence-electron chi connectivity index (χ4n) is 1.65. The van der Waals surface area contributed by atoms with E-state index in [0.29, 0.717) is 11.6 Å². The average Bonchev–Trinajstić information content (AvgIpc) is 2.29. The molecule has 1 aromatic carbocycles. The van der Waals surface area contributed by atoms with E-state index >= 15 is 0 Å². The Morgan fingerprint density at radius 1 is 1.31 bits per heavy atom. The molecule has 0 aliphatic rings. The Morgan fingerprint density at radius 3 is 2.75 bits per heavy atom. The van der Waals surface area contributed by atoms with Crippen molar-refractivity contribution in [2.45, 2.75) is 13.5 Å². The van der Waals surface area contributed by atoms with Crippen LogP contribution in [0.5, 0.6) is 0 Å². The zero-order chi connectivity index (χ0) is 11.5. The van der Waals surface area contributed by atoms with Crippen molar-refractivity contribution in [1.29, 1.82) is 0 Å². The zero-order valence-electron chi connectivity index (χ0n) is 9.07. The monoisotopic (exact) mass is 232 g/mol. The van der Waals surface area contributed by atoms with E-state index in [0.717, 1.165) is 16.7 Å². The van der Waals surface area contributed by atoms with Gasteiger partial charge in [0.25, 0.3) is 0 Å². The summed E-state index contributed by atoms with van der Waals surface area (Å²) in [7, 11) is 0. The lowest BCUT2D eigenvalue weighted by Crippen LogP contribution is -1.97. The van der Waals surface area contributed by atoms with Gasteiger partial charge < -0.3 is 5.73 Å². The van der Waals surface area contributed by atoms with Gasteiger partial charge in [-0.25, -0.2) is 0 Å². The molecule has 2 aromatic rings. The minimum atomic E-state index is 0.463. The van der Waals surface area contributed by atoms with E-state index in [4.69, 9.17) is 17.3 Å². The van der Waals surface area contributed by atoms with Crippen LogP contribution in [0.4, 0.5) is 0 Å². The smallest absolute Gasteiger partial charge is 0.0457 e. The molecule has 1 aromatic heterocycles. The first-order chi connectivity index (χ1) is 7.72. The van der Waals surface area contributed by atoms with Gasteiger partial charge in [-0.1, -0.05) is 23.7 Å². The molecular formula is C13H13ClN2. The molecule has 0 radical (unpaired) electrons. The van der Waals surface area contributed by atoms with Crippen molar-refractivity contribution in [2.75, 3.05) is 0 Å². The van der Waals surface area contributed by atoms with E-state index < -0.39 is 0 Å². The molecule has 2 nitrogen and oxygen atoms in total. The summed E-state index contributed by atoms with van der Waals surface area (Å²) < 4.78 is 0. The third-order valence-corrected chi connectivity index (χ3v) is 2.97. The number of halogens is 1. The summed E-state index contributed by atoms with van der Waals surface area (Å²) in [5.74, 6) is 0. The summed E-state index contributed by atoms with van der Waals surface area (Å²) in [5.41, 5.74) is 9.91. The summed E-state index contributed by atoms with van der Waals surface area (Å²) in [6.45, 7) is 2.52. The number of nitrogens with zero attached hydrogens (tertiary/aromatic N) is 1. The van der Waals surface area contributed by atoms with Gasteiger partial charge in [0.2, 0.25) is 0 Å². The van der Waals surface area contributed by atoms with Crippen molar-refractivity contribution in [2.24, 2.45) is 5.73 Å². The molecule has 0 saturated heterocycles. The molecule has 0 bridgehead atoms. The van der Waals surface area contributed by atoms with Crippen molar-refractivity contribution in [3.05, 3.63) is 52.8 Å². The van der Waals surface area contributed by atoms with Gasteiger partial charge in [0.15, 0.2) is 0 Å². The lowest BCUT2D eigenvalue weighted by atomic mass is 10.0. The Labute approximate surface area is 100 Å². The van der Waals surface area contributed by atoms with E-state index in [-0.39, 0.29) is 0 Å². The molecule has 1 heterocycles. The average molecular weight is 233 g/mol. The predicted molar refractivity (Wildman–Crippen MR) is 67.3 cm³/mol. The maximum absolute atomic E-state index is 6.13. The Hall–Kier alpha value is -1.38. The van der Waals surface area contributed by atoms with Gasteiger partial charge in [-0.3, -0.25) is 4.98 Å². The second-order valence-electron chi connectivity index (χ2n) is 3.70. The van der Waals surface area contributed by atoms with Gasteiger partial charge >= 0.3 is 0 Å². The van der Waals surface area contributed by atoms with Crippen molar-refractivity contribution >= 4 is 11.6 Å². The largest absolute Gasteiger partial charge is 0.326 e. The van der Waals surface area contributed by atoms with Crippen molar-refractivity contribution in [1.82, 2.24) is 4.98 Å². The SMILES string of the molecule is Cc1ccncc1-c1ccc(CN)c(Cl)c1. The van der Waals surface area contributed by atoms with Crippen LogP contribution in [0.15, 0.2) is 36.7 Å². The van der Waals surface area contributed by atoms with Crippen molar-refractivity contribution in [3.63, 3.8) is 0 Å². The van der Waals surface area contributed by atoms with Gasteiger partial charge in [0, 0.05) is 29.5 Å². The van der Waals surface area contributed by atoms with Crippen molar-refractivity contribution in [3.8, 4) is 11.1 Å². The molecule has 2 rings (SSSR count). The highest BCUT2D eigenvalue weighted by Gasteiger charge is 2.04. The van der Waals surface area contributed by atoms with Crippen LogP contribution >= 0.6 is 11.6 Å². The standard InChI is InChI=1S/C13H13ClN2/c1-9-4-5-16-8-12(9)10-2-3-11(7-15)13(14)6-10/h2-6,8H,7,15H2,1H3. The fourth-order valence-corrected chi connectivity index (χ4v) is 1.90. The van der Waals surface area contributed by atoms with E-state index in [1.165, 1.54) is 5.56 Å². The van der Waals surface area contributed by atoms with Crippen LogP contribution < -0.4 is 5.73 Å². The van der Waals surface area contributed by atoms with E-state index in [9.17, 15) is 0 Å². The highest BCUT2D eigenvalue weighted by molar-refractivity contribution is 6.31. The molecule has 2 N–H and O–H groups in total. The molecule has 3 heteroatoms. The second kappa shape index (κ2) is 4.64. The van der Waals surface area contributed by atoms with Crippen molar-refractivity contribution < 1.29 is 0 Å². The van der Waals surface area contributed by atoms with Crippen LogP contribution in [-0.2, 0) is 6.54 Å². The quantitative estimate of drug-likeness (QED) is 0.864. The van der Waals surface area contributed by atoms with Gasteiger partial charge in [0.1, 0.15) is 0 Å². The number of rotatable bonds is 2. The molecule has 0 aliphatic carbocycles. The normalized spacial score (nSPS) is 10.4. The highest BCUT2D eigenvalue weighted by Crippen LogP contribution is 2.27. The van der Waals surface area contributed by atoms with Gasteiger partial charge in [-0.15, -0.1) is 0 Å². The van der Waals surface area contributed by atoms with Crippen LogP contribution in [0.25, 0.3) is 11.1 Å². The third kappa shape index (κ3) is 2.08. The topological polar surface area (TPSA) is 38.9 Å². The number of aryl methyl sites for hydroxylation is 1. The fraction of sp³-hybridized carbons (Fsp3) is 0.154. The first kappa shape index (κ1) is 11.1. The van der Waals surface area contributed by atoms with E-state index in [1.807, 2.05) is 30.5 Å². The van der Waals surface area contributed by atoms with E-state index in [2.05, 4.69) is 11.9 Å². The minimum Gasteiger partial charge on any atom is -0.326 e. The highest BCUT2D eigenvalue weighted by atomic mass is 35.5. The number of nitrogens with two attached hydrogens (primary N) is 1. The van der Waals surface area contributed by atoms with Crippen LogP contribution in [0.3, 0.4) is 0 Å². The first-order valence-corrected chi connectivity index (χ1v) is 5.49. The molecule has 0 saturated carbocycles. The lowest BCUT2D eigenvalue weighted by molar-refractivity contribution is 1.07. The Bertz CT molecular complexity index is 509. The number of aromatic nitrogens is 1. The molecular weight excluding hydrogens is 220 g/mol. The van der Waals surface area contributed by atoms with Gasteiger partial charge in [0.05, 0.1) is 0 Å². The third-order valence-electron chi connectivity index (χ3n) is 2.62. The molecule has 82 valence electrons. The Balaban J connectivity index is 2.50. The molecule has 0 spiro atoms. The first-order valence-electron chi connectivity index (χ1n) is 5.12. The predicted octanol–water partition coefficient (Wildman–Crippen LogP) is 3.17. The van der Waals surface area contributed by atoms with Crippen LogP contribution in [-0.4, -0.2) is 4.98 Å². The summed E-state index contributed by atoms with van der Waals surface area (Å²) in [5, 5.41) is 0.711. The molecule has 0 unspecified atom stereocenters. The zero-order valence-corrected chi connectivity index (χ0v) is 9.83. The van der Waals surface area contributed by atoms with Crippen LogP contribution in [0.2, 0.25) is 5.02 Å². The minimum absolute atomic E-state index is 0.463. The Kier molecular flexibility index (Phi) is 3.22. The molecule has 0 amide bonds. The van der Waals surface area contributed by atoms with Gasteiger partial charge in [-0.2, -0.15) is 0 Å². The second-order valence-corrected chi connectivity index (χ2v) is 4.11. The lowest BCUT2D eigenvalue weighted by Gasteiger charge is -2.07. The number of benzene rings is 1. The van der Waals surface area contributed by atoms with E-state index in [1.54, 1.807) is 6.20 Å². The summed E-state index contributed by atoms with van der Waals surface area (Å²) in [6, 6.07) is 7.91.